The summed E-state index contributed by atoms with van der Waals surface area (Å²) < 4.78 is 34.7. The van der Waals surface area contributed by atoms with Crippen LogP contribution >= 0.6 is 0 Å². The van der Waals surface area contributed by atoms with Crippen LogP contribution in [0.1, 0.15) is 64.2 Å². The molecule has 4 rings (SSSR count). The second kappa shape index (κ2) is 16.1. The second-order valence-electron chi connectivity index (χ2n) is 12.9. The number of carbonyl (C=O) groups excluding carboxylic acids is 1. The summed E-state index contributed by atoms with van der Waals surface area (Å²) in [5.74, 6) is 0.851. The van der Waals surface area contributed by atoms with Crippen molar-refractivity contribution >= 4 is 11.8 Å². The molecule has 1 fully saturated rings. The molecule has 2 heterocycles. The first-order chi connectivity index (χ1) is 21.5. The van der Waals surface area contributed by atoms with Gasteiger partial charge in [0, 0.05) is 39.8 Å². The van der Waals surface area contributed by atoms with Gasteiger partial charge in [-0.15, -0.1) is 0 Å². The van der Waals surface area contributed by atoms with Crippen molar-refractivity contribution in [3.8, 4) is 5.75 Å². The summed E-state index contributed by atoms with van der Waals surface area (Å²) in [6.07, 6.45) is 0.167. The van der Waals surface area contributed by atoms with E-state index in [9.17, 15) is 9.90 Å². The minimum Gasteiger partial charge on any atom is -0.490 e. The number of nitrogens with zero attached hydrogens (tertiary/aromatic N) is 2. The lowest BCUT2D eigenvalue weighted by molar-refractivity contribution is -0.154. The monoisotopic (exact) mass is 628 g/mol. The van der Waals surface area contributed by atoms with Gasteiger partial charge >= 0.3 is 6.09 Å². The van der Waals surface area contributed by atoms with Crippen molar-refractivity contribution < 1.29 is 38.3 Å². The predicted octanol–water partition coefficient (Wildman–Crippen LogP) is 5.28. The Kier molecular flexibility index (Phi) is 12.5. The first-order valence-electron chi connectivity index (χ1n) is 16.1. The van der Waals surface area contributed by atoms with E-state index in [1.54, 1.807) is 12.0 Å². The minimum absolute atomic E-state index is 0.0319. The zero-order chi connectivity index (χ0) is 32.5. The van der Waals surface area contributed by atoms with Gasteiger partial charge in [0.05, 0.1) is 44.7 Å². The number of hydrogen-bond donors (Lipinski definition) is 1. The van der Waals surface area contributed by atoms with Crippen molar-refractivity contribution in [2.45, 2.75) is 84.1 Å². The number of rotatable bonds is 14. The van der Waals surface area contributed by atoms with E-state index >= 15 is 0 Å². The molecule has 2 aliphatic heterocycles. The summed E-state index contributed by atoms with van der Waals surface area (Å²) in [7, 11) is 1.72. The number of amides is 1. The van der Waals surface area contributed by atoms with E-state index in [1.807, 2.05) is 71.0 Å². The molecule has 0 aromatic heterocycles. The molecule has 1 saturated heterocycles. The van der Waals surface area contributed by atoms with Crippen molar-refractivity contribution in [1.29, 1.82) is 0 Å². The molecule has 0 bridgehead atoms. The van der Waals surface area contributed by atoms with Crippen molar-refractivity contribution in [3.63, 3.8) is 0 Å². The number of fused-ring (bicyclic) bond motifs is 1. The zero-order valence-electron chi connectivity index (χ0n) is 27.9. The number of ether oxygens (including phenoxy) is 6. The van der Waals surface area contributed by atoms with Crippen LogP contribution < -0.4 is 9.64 Å². The molecule has 1 N–H and O–H groups in total. The Morgan fingerprint density at radius 3 is 2.58 bits per heavy atom. The molecule has 0 unspecified atom stereocenters. The van der Waals surface area contributed by atoms with E-state index in [2.05, 4.69) is 11.0 Å². The molecule has 45 heavy (non-hydrogen) atoms. The smallest absolute Gasteiger partial charge is 0.410 e. The standard InChI is InChI=1S/C35H52N2O8/c1-7-42-26(2)23-41-24-27-9-12-29(13-10-27)35(39)15-17-37(33(38)45-34(3,4)5)22-32(35)44-25-28-11-14-31-30(21-28)36(18-20-43-31)16-8-19-40-6/h9-14,21,26,32,39H,7-8,15-20,22-25H2,1-6H3/t26-,32+,35+/m1/s1. The average molecular weight is 629 g/mol. The topological polar surface area (TPSA) is 99.2 Å². The predicted molar refractivity (Wildman–Crippen MR) is 173 cm³/mol. The maximum atomic E-state index is 13.0. The molecule has 1 amide bonds. The average Bonchev–Trinajstić information content (AvgIpc) is 3.00. The molecule has 10 heteroatoms. The number of hydrogen-bond acceptors (Lipinski definition) is 9. The molecule has 0 radical (unpaired) electrons. The molecule has 10 nitrogen and oxygen atoms in total. The molecular formula is C35H52N2O8. The van der Waals surface area contributed by atoms with Gasteiger partial charge in [-0.1, -0.05) is 30.3 Å². The Balaban J connectivity index is 1.49. The van der Waals surface area contributed by atoms with E-state index in [1.165, 1.54) is 0 Å². The van der Waals surface area contributed by atoms with Gasteiger partial charge in [0.1, 0.15) is 29.7 Å². The Labute approximate surface area is 268 Å². The van der Waals surface area contributed by atoms with Gasteiger partial charge in [-0.3, -0.25) is 0 Å². The fourth-order valence-corrected chi connectivity index (χ4v) is 5.72. The van der Waals surface area contributed by atoms with Gasteiger partial charge in [0.2, 0.25) is 0 Å². The van der Waals surface area contributed by atoms with E-state index < -0.39 is 23.4 Å². The lowest BCUT2D eigenvalue weighted by Gasteiger charge is -2.44. The van der Waals surface area contributed by atoms with E-state index in [0.717, 1.165) is 47.6 Å². The Hall–Kier alpha value is -2.89. The second-order valence-corrected chi connectivity index (χ2v) is 12.9. The third-order valence-electron chi connectivity index (χ3n) is 8.07. The molecule has 2 aromatic carbocycles. The van der Waals surface area contributed by atoms with Crippen molar-refractivity contribution in [2.75, 3.05) is 64.6 Å². The Morgan fingerprint density at radius 1 is 1.11 bits per heavy atom. The van der Waals surface area contributed by atoms with Crippen LogP contribution in [0.2, 0.25) is 0 Å². The van der Waals surface area contributed by atoms with Crippen molar-refractivity contribution in [1.82, 2.24) is 4.90 Å². The summed E-state index contributed by atoms with van der Waals surface area (Å²) in [6.45, 7) is 14.9. The fraction of sp³-hybridized carbons (Fsp3) is 0.629. The summed E-state index contributed by atoms with van der Waals surface area (Å²) in [5.41, 5.74) is 1.81. The number of aliphatic hydroxyl groups is 1. The molecular weight excluding hydrogens is 576 g/mol. The normalized spacial score (nSPS) is 20.8. The molecule has 3 atom stereocenters. The lowest BCUT2D eigenvalue weighted by atomic mass is 9.81. The quantitative estimate of drug-likeness (QED) is 0.280. The van der Waals surface area contributed by atoms with E-state index in [0.29, 0.717) is 46.0 Å². The van der Waals surface area contributed by atoms with E-state index in [-0.39, 0.29) is 19.3 Å². The molecule has 2 aromatic rings. The van der Waals surface area contributed by atoms with Crippen molar-refractivity contribution in [3.05, 3.63) is 59.2 Å². The van der Waals surface area contributed by atoms with Crippen LogP contribution in [-0.4, -0.2) is 93.6 Å². The minimum atomic E-state index is -1.30. The molecule has 0 saturated carbocycles. The molecule has 2 aliphatic rings. The number of benzene rings is 2. The summed E-state index contributed by atoms with van der Waals surface area (Å²) >= 11 is 0. The number of anilines is 1. The SMILES string of the molecule is CCO[C@H](C)COCc1ccc([C@@]2(O)CCN(C(=O)OC(C)(C)C)C[C@@H]2OCc2ccc3c(c2)N(CCCOC)CCO3)cc1. The lowest BCUT2D eigenvalue weighted by Crippen LogP contribution is -2.56. The van der Waals surface area contributed by atoms with Crippen LogP contribution in [0.25, 0.3) is 0 Å². The maximum Gasteiger partial charge on any atom is 0.410 e. The van der Waals surface area contributed by atoms with Gasteiger partial charge in [-0.25, -0.2) is 4.79 Å². The van der Waals surface area contributed by atoms with E-state index in [4.69, 9.17) is 28.4 Å². The Bertz CT molecular complexity index is 1220. The third-order valence-corrected chi connectivity index (χ3v) is 8.07. The van der Waals surface area contributed by atoms with Crippen LogP contribution in [0.4, 0.5) is 10.5 Å². The molecule has 250 valence electrons. The van der Waals surface area contributed by atoms with Crippen LogP contribution in [0.5, 0.6) is 5.75 Å². The summed E-state index contributed by atoms with van der Waals surface area (Å²) in [6, 6.07) is 13.9. The largest absolute Gasteiger partial charge is 0.490 e. The highest BCUT2D eigenvalue weighted by Gasteiger charge is 2.45. The van der Waals surface area contributed by atoms with Crippen molar-refractivity contribution in [2.24, 2.45) is 0 Å². The van der Waals surface area contributed by atoms with Gasteiger partial charge in [-0.2, -0.15) is 0 Å². The molecule has 0 spiro atoms. The van der Waals surface area contributed by atoms with Crippen LogP contribution in [-0.2, 0) is 42.5 Å². The van der Waals surface area contributed by atoms with Gasteiger partial charge < -0.3 is 43.3 Å². The summed E-state index contributed by atoms with van der Waals surface area (Å²) in [4.78, 5) is 17.0. The zero-order valence-corrected chi connectivity index (χ0v) is 27.9. The highest BCUT2D eigenvalue weighted by molar-refractivity contribution is 5.68. The highest BCUT2D eigenvalue weighted by Crippen LogP contribution is 2.37. The number of carbonyl (C=O) groups is 1. The van der Waals surface area contributed by atoms with Gasteiger partial charge in [-0.05, 0) is 69.9 Å². The number of piperidine rings is 1. The summed E-state index contributed by atoms with van der Waals surface area (Å²) in [5, 5.41) is 12.2. The van der Waals surface area contributed by atoms with Crippen LogP contribution in [0.3, 0.4) is 0 Å². The van der Waals surface area contributed by atoms with Crippen LogP contribution in [0.15, 0.2) is 42.5 Å². The maximum absolute atomic E-state index is 13.0. The first kappa shape index (κ1) is 35.0. The molecule has 0 aliphatic carbocycles. The Morgan fingerprint density at radius 2 is 1.87 bits per heavy atom. The number of methoxy groups -OCH3 is 1. The third kappa shape index (κ3) is 9.80. The fourth-order valence-electron chi connectivity index (χ4n) is 5.72. The van der Waals surface area contributed by atoms with Gasteiger partial charge in [0.25, 0.3) is 0 Å². The first-order valence-corrected chi connectivity index (χ1v) is 16.1. The van der Waals surface area contributed by atoms with Gasteiger partial charge in [0.15, 0.2) is 0 Å². The highest BCUT2D eigenvalue weighted by atomic mass is 16.6. The van der Waals surface area contributed by atoms with Crippen LogP contribution in [0, 0.1) is 0 Å². The number of likely N-dealkylation sites (tertiary alicyclic amines) is 1.